The number of hydrogen-bond acceptors (Lipinski definition) is 4. The van der Waals surface area contributed by atoms with Crippen LogP contribution in [-0.2, 0) is 4.79 Å². The van der Waals surface area contributed by atoms with Crippen LogP contribution in [0.25, 0.3) is 0 Å². The Morgan fingerprint density at radius 3 is 2.41 bits per heavy atom. The van der Waals surface area contributed by atoms with Gasteiger partial charge in [-0.2, -0.15) is 0 Å². The molecular weight excluding hydrogens is 449 g/mol. The number of ether oxygens (including phenoxy) is 1. The second-order valence-electron chi connectivity index (χ2n) is 7.52. The first-order valence-electron chi connectivity index (χ1n) is 10.2. The fraction of sp³-hybridized carbons (Fsp3) is 0.208. The number of carbonyl (C=O) groups excluding carboxylic acids is 2. The van der Waals surface area contributed by atoms with Gasteiger partial charge in [0.2, 0.25) is 5.91 Å². The van der Waals surface area contributed by atoms with Crippen molar-refractivity contribution >= 4 is 40.7 Å². The van der Waals surface area contributed by atoms with Gasteiger partial charge >= 0.3 is 0 Å². The van der Waals surface area contributed by atoms with Crippen molar-refractivity contribution in [2.24, 2.45) is 5.92 Å². The number of pyridine rings is 1. The number of benzene rings is 2. The highest BCUT2D eigenvalue weighted by molar-refractivity contribution is 6.42. The number of amides is 2. The number of aromatic nitrogens is 1. The average molecular weight is 470 g/mol. The van der Waals surface area contributed by atoms with Crippen molar-refractivity contribution in [3.05, 3.63) is 82.6 Å². The summed E-state index contributed by atoms with van der Waals surface area (Å²) in [7, 11) is 0. The molecule has 1 unspecified atom stereocenters. The van der Waals surface area contributed by atoms with Gasteiger partial charge in [-0.1, -0.05) is 23.2 Å². The SMILES string of the molecule is O=C(Nc1ccc(Oc2ccncc2)cc1)C1CCCN(C(=O)c2ccc(Cl)c(Cl)c2)C1. The molecule has 0 saturated carbocycles. The highest BCUT2D eigenvalue weighted by Gasteiger charge is 2.29. The second-order valence-corrected chi connectivity index (χ2v) is 8.33. The standard InChI is InChI=1S/C24H21Cl2N3O3/c25-21-8-3-16(14-22(21)26)24(31)29-13-1-2-17(15-29)23(30)28-18-4-6-19(7-5-18)32-20-9-11-27-12-10-20/h3-12,14,17H,1-2,13,15H2,(H,28,30). The summed E-state index contributed by atoms with van der Waals surface area (Å²) in [5, 5.41) is 3.67. The predicted molar refractivity (Wildman–Crippen MR) is 124 cm³/mol. The lowest BCUT2D eigenvalue weighted by Gasteiger charge is -2.32. The van der Waals surface area contributed by atoms with E-state index >= 15 is 0 Å². The molecule has 0 aliphatic carbocycles. The summed E-state index contributed by atoms with van der Waals surface area (Å²) < 4.78 is 5.74. The number of nitrogens with one attached hydrogen (secondary N) is 1. The van der Waals surface area contributed by atoms with Gasteiger partial charge in [0, 0.05) is 36.7 Å². The summed E-state index contributed by atoms with van der Waals surface area (Å²) in [6.07, 6.45) is 4.79. The van der Waals surface area contributed by atoms with Crippen LogP contribution in [0.3, 0.4) is 0 Å². The van der Waals surface area contributed by atoms with Crippen LogP contribution in [0.2, 0.25) is 10.0 Å². The molecule has 0 bridgehead atoms. The zero-order valence-electron chi connectivity index (χ0n) is 17.1. The lowest BCUT2D eigenvalue weighted by molar-refractivity contribution is -0.121. The van der Waals surface area contributed by atoms with Gasteiger partial charge in [0.05, 0.1) is 16.0 Å². The van der Waals surface area contributed by atoms with E-state index in [9.17, 15) is 9.59 Å². The van der Waals surface area contributed by atoms with Gasteiger partial charge in [-0.05, 0) is 67.4 Å². The molecule has 1 saturated heterocycles. The minimum absolute atomic E-state index is 0.112. The minimum Gasteiger partial charge on any atom is -0.457 e. The molecule has 8 heteroatoms. The van der Waals surface area contributed by atoms with Crippen molar-refractivity contribution in [3.63, 3.8) is 0 Å². The van der Waals surface area contributed by atoms with E-state index in [1.807, 2.05) is 0 Å². The van der Waals surface area contributed by atoms with E-state index in [1.165, 1.54) is 0 Å². The molecule has 1 aromatic heterocycles. The zero-order chi connectivity index (χ0) is 22.5. The van der Waals surface area contributed by atoms with Gasteiger partial charge in [0.25, 0.3) is 5.91 Å². The van der Waals surface area contributed by atoms with Crippen LogP contribution in [0.5, 0.6) is 11.5 Å². The van der Waals surface area contributed by atoms with E-state index in [1.54, 1.807) is 71.9 Å². The molecule has 1 atom stereocenters. The van der Waals surface area contributed by atoms with E-state index in [-0.39, 0.29) is 17.7 Å². The Kier molecular flexibility index (Phi) is 6.93. The number of piperidine rings is 1. The maximum absolute atomic E-state index is 12.9. The molecule has 6 nitrogen and oxygen atoms in total. The monoisotopic (exact) mass is 469 g/mol. The first kappa shape index (κ1) is 22.1. The topological polar surface area (TPSA) is 71.5 Å². The van der Waals surface area contributed by atoms with Gasteiger partial charge in [-0.3, -0.25) is 14.6 Å². The van der Waals surface area contributed by atoms with Gasteiger partial charge < -0.3 is 15.0 Å². The number of carbonyl (C=O) groups is 2. The van der Waals surface area contributed by atoms with Crippen LogP contribution in [-0.4, -0.2) is 34.8 Å². The molecule has 2 amide bonds. The van der Waals surface area contributed by atoms with Crippen molar-refractivity contribution in [1.29, 1.82) is 0 Å². The molecule has 3 aromatic rings. The molecule has 1 fully saturated rings. The fourth-order valence-corrected chi connectivity index (χ4v) is 3.88. The molecule has 164 valence electrons. The highest BCUT2D eigenvalue weighted by atomic mass is 35.5. The Bertz CT molecular complexity index is 1110. The number of nitrogens with zero attached hydrogens (tertiary/aromatic N) is 2. The van der Waals surface area contributed by atoms with Crippen molar-refractivity contribution in [1.82, 2.24) is 9.88 Å². The van der Waals surface area contributed by atoms with E-state index < -0.39 is 0 Å². The van der Waals surface area contributed by atoms with Gasteiger partial charge in [0.1, 0.15) is 11.5 Å². The first-order chi connectivity index (χ1) is 15.5. The highest BCUT2D eigenvalue weighted by Crippen LogP contribution is 2.26. The molecule has 4 rings (SSSR count). The minimum atomic E-state index is -0.289. The normalized spacial score (nSPS) is 15.8. The van der Waals surface area contributed by atoms with Crippen LogP contribution >= 0.6 is 23.2 Å². The summed E-state index contributed by atoms with van der Waals surface area (Å²) in [5.41, 5.74) is 1.13. The second kappa shape index (κ2) is 10.0. The Labute approximate surface area is 196 Å². The third kappa shape index (κ3) is 5.39. The number of anilines is 1. The number of hydrogen-bond donors (Lipinski definition) is 1. The van der Waals surface area contributed by atoms with Crippen molar-refractivity contribution in [2.75, 3.05) is 18.4 Å². The molecule has 1 N–H and O–H groups in total. The maximum atomic E-state index is 12.9. The molecule has 2 aromatic carbocycles. The van der Waals surface area contributed by atoms with Crippen molar-refractivity contribution in [2.45, 2.75) is 12.8 Å². The Balaban J connectivity index is 1.35. The van der Waals surface area contributed by atoms with E-state index in [4.69, 9.17) is 27.9 Å². The van der Waals surface area contributed by atoms with Gasteiger partial charge in [-0.25, -0.2) is 0 Å². The summed E-state index contributed by atoms with van der Waals surface area (Å²) in [5.74, 6) is 0.789. The van der Waals surface area contributed by atoms with E-state index in [2.05, 4.69) is 10.3 Å². The fourth-order valence-electron chi connectivity index (χ4n) is 3.58. The third-order valence-electron chi connectivity index (χ3n) is 5.25. The molecular formula is C24H21Cl2N3O3. The number of rotatable bonds is 5. The molecule has 0 radical (unpaired) electrons. The lowest BCUT2D eigenvalue weighted by Crippen LogP contribution is -2.43. The third-order valence-corrected chi connectivity index (χ3v) is 5.99. The number of likely N-dealkylation sites (tertiary alicyclic amines) is 1. The van der Waals surface area contributed by atoms with Crippen molar-refractivity contribution in [3.8, 4) is 11.5 Å². The molecule has 2 heterocycles. The molecule has 1 aliphatic heterocycles. The Hall–Kier alpha value is -3.09. The lowest BCUT2D eigenvalue weighted by atomic mass is 9.96. The van der Waals surface area contributed by atoms with Crippen LogP contribution in [0.4, 0.5) is 5.69 Å². The maximum Gasteiger partial charge on any atom is 0.253 e. The zero-order valence-corrected chi connectivity index (χ0v) is 18.6. The number of halogens is 2. The smallest absolute Gasteiger partial charge is 0.253 e. The Morgan fingerprint density at radius 1 is 0.969 bits per heavy atom. The molecule has 1 aliphatic rings. The summed E-state index contributed by atoms with van der Waals surface area (Å²) in [6, 6.07) is 15.5. The van der Waals surface area contributed by atoms with Crippen LogP contribution in [0.15, 0.2) is 67.0 Å². The summed E-state index contributed by atoms with van der Waals surface area (Å²) >= 11 is 12.0. The van der Waals surface area contributed by atoms with Crippen LogP contribution in [0.1, 0.15) is 23.2 Å². The van der Waals surface area contributed by atoms with Gasteiger partial charge in [-0.15, -0.1) is 0 Å². The molecule has 32 heavy (non-hydrogen) atoms. The van der Waals surface area contributed by atoms with Gasteiger partial charge in [0.15, 0.2) is 0 Å². The summed E-state index contributed by atoms with van der Waals surface area (Å²) in [4.78, 5) is 31.3. The largest absolute Gasteiger partial charge is 0.457 e. The predicted octanol–water partition coefficient (Wildman–Crippen LogP) is 5.67. The Morgan fingerprint density at radius 2 is 1.69 bits per heavy atom. The first-order valence-corrected chi connectivity index (χ1v) is 11.0. The van der Waals surface area contributed by atoms with E-state index in [0.29, 0.717) is 45.9 Å². The van der Waals surface area contributed by atoms with Crippen LogP contribution < -0.4 is 10.1 Å². The quantitative estimate of drug-likeness (QED) is 0.522. The summed E-state index contributed by atoms with van der Waals surface area (Å²) in [6.45, 7) is 0.956. The van der Waals surface area contributed by atoms with E-state index in [0.717, 1.165) is 12.8 Å². The average Bonchev–Trinajstić information content (AvgIpc) is 2.82. The van der Waals surface area contributed by atoms with Crippen LogP contribution in [0, 0.1) is 5.92 Å². The van der Waals surface area contributed by atoms with Crippen molar-refractivity contribution < 1.29 is 14.3 Å². The molecule has 0 spiro atoms.